The maximum Gasteiger partial charge on any atom is 0.0457 e. The standard InChI is InChI=1S/C18H17ClN2/c1-2-20-11-15-8-7-13(9-18(15)19)17-12-21-10-14-5-3-4-6-16(14)17/h3-10,12,20H,2,11H2,1H3. The number of nitrogens with zero attached hydrogens (tertiary/aromatic N) is 1. The van der Waals surface area contributed by atoms with E-state index in [9.17, 15) is 0 Å². The van der Waals surface area contributed by atoms with Gasteiger partial charge >= 0.3 is 0 Å². The molecule has 0 unspecified atom stereocenters. The van der Waals surface area contributed by atoms with Crippen LogP contribution in [0.15, 0.2) is 54.9 Å². The zero-order chi connectivity index (χ0) is 14.7. The van der Waals surface area contributed by atoms with Gasteiger partial charge in [-0.15, -0.1) is 0 Å². The Kier molecular flexibility index (Phi) is 4.18. The molecular weight excluding hydrogens is 280 g/mol. The Labute approximate surface area is 129 Å². The maximum atomic E-state index is 6.41. The number of fused-ring (bicyclic) bond motifs is 1. The van der Waals surface area contributed by atoms with Crippen LogP contribution in [0.5, 0.6) is 0 Å². The molecule has 2 nitrogen and oxygen atoms in total. The SMILES string of the molecule is CCNCc1ccc(-c2cncc3ccccc23)cc1Cl. The molecule has 0 amide bonds. The number of pyridine rings is 1. The highest BCUT2D eigenvalue weighted by atomic mass is 35.5. The molecule has 3 heteroatoms. The van der Waals surface area contributed by atoms with E-state index in [1.54, 1.807) is 0 Å². The molecule has 0 aliphatic rings. The van der Waals surface area contributed by atoms with Crippen LogP contribution in [0.25, 0.3) is 21.9 Å². The van der Waals surface area contributed by atoms with Crippen molar-refractivity contribution < 1.29 is 0 Å². The molecule has 3 aromatic rings. The molecule has 0 saturated carbocycles. The Bertz CT molecular complexity index is 763. The quantitative estimate of drug-likeness (QED) is 0.757. The Morgan fingerprint density at radius 1 is 1.10 bits per heavy atom. The highest BCUT2D eigenvalue weighted by Gasteiger charge is 2.07. The highest BCUT2D eigenvalue weighted by molar-refractivity contribution is 6.31. The van der Waals surface area contributed by atoms with E-state index < -0.39 is 0 Å². The number of benzene rings is 2. The Morgan fingerprint density at radius 3 is 2.76 bits per heavy atom. The smallest absolute Gasteiger partial charge is 0.0457 e. The van der Waals surface area contributed by atoms with E-state index in [4.69, 9.17) is 11.6 Å². The van der Waals surface area contributed by atoms with Gasteiger partial charge in [-0.25, -0.2) is 0 Å². The summed E-state index contributed by atoms with van der Waals surface area (Å²) in [5, 5.41) is 6.43. The summed E-state index contributed by atoms with van der Waals surface area (Å²) in [6.07, 6.45) is 3.79. The first-order valence-corrected chi connectivity index (χ1v) is 7.49. The Balaban J connectivity index is 2.05. The zero-order valence-corrected chi connectivity index (χ0v) is 12.7. The fourth-order valence-corrected chi connectivity index (χ4v) is 2.71. The second-order valence-electron chi connectivity index (χ2n) is 4.99. The van der Waals surface area contributed by atoms with Crippen molar-refractivity contribution in [1.29, 1.82) is 0 Å². The average Bonchev–Trinajstić information content (AvgIpc) is 2.53. The van der Waals surface area contributed by atoms with Crippen LogP contribution in [0.1, 0.15) is 12.5 Å². The lowest BCUT2D eigenvalue weighted by Gasteiger charge is -2.10. The number of hydrogen-bond donors (Lipinski definition) is 1. The van der Waals surface area contributed by atoms with E-state index in [1.165, 1.54) is 5.39 Å². The number of halogens is 1. The molecule has 0 atom stereocenters. The molecule has 0 saturated heterocycles. The van der Waals surface area contributed by atoms with E-state index in [0.29, 0.717) is 0 Å². The summed E-state index contributed by atoms with van der Waals surface area (Å²) < 4.78 is 0. The molecule has 2 aromatic carbocycles. The highest BCUT2D eigenvalue weighted by Crippen LogP contribution is 2.30. The van der Waals surface area contributed by atoms with Crippen molar-refractivity contribution in [2.24, 2.45) is 0 Å². The number of aromatic nitrogens is 1. The molecule has 0 fully saturated rings. The third-order valence-corrected chi connectivity index (χ3v) is 3.95. The minimum atomic E-state index is 0.793. The summed E-state index contributed by atoms with van der Waals surface area (Å²) >= 11 is 6.41. The first-order chi connectivity index (χ1) is 10.3. The van der Waals surface area contributed by atoms with Crippen LogP contribution in [0, 0.1) is 0 Å². The summed E-state index contributed by atoms with van der Waals surface area (Å²) in [5.74, 6) is 0. The third-order valence-electron chi connectivity index (χ3n) is 3.60. The monoisotopic (exact) mass is 296 g/mol. The fraction of sp³-hybridized carbons (Fsp3) is 0.167. The van der Waals surface area contributed by atoms with Crippen molar-refractivity contribution in [2.45, 2.75) is 13.5 Å². The van der Waals surface area contributed by atoms with E-state index in [2.05, 4.69) is 41.5 Å². The number of hydrogen-bond acceptors (Lipinski definition) is 2. The van der Waals surface area contributed by atoms with Gasteiger partial charge in [-0.3, -0.25) is 4.98 Å². The summed E-state index contributed by atoms with van der Waals surface area (Å²) in [6, 6.07) is 14.5. The van der Waals surface area contributed by atoms with Gasteiger partial charge in [-0.05, 0) is 29.1 Å². The predicted molar refractivity (Wildman–Crippen MR) is 89.6 cm³/mol. The topological polar surface area (TPSA) is 24.9 Å². The van der Waals surface area contributed by atoms with E-state index in [1.807, 2.05) is 30.6 Å². The molecule has 0 radical (unpaired) electrons. The lowest BCUT2D eigenvalue weighted by atomic mass is 10.00. The zero-order valence-electron chi connectivity index (χ0n) is 11.9. The van der Waals surface area contributed by atoms with Gasteiger partial charge in [-0.1, -0.05) is 54.9 Å². The van der Waals surface area contributed by atoms with E-state index >= 15 is 0 Å². The molecular formula is C18H17ClN2. The second kappa shape index (κ2) is 6.25. The van der Waals surface area contributed by atoms with Gasteiger partial charge < -0.3 is 5.32 Å². The lowest BCUT2D eigenvalue weighted by Crippen LogP contribution is -2.11. The molecule has 106 valence electrons. The first kappa shape index (κ1) is 14.1. The van der Waals surface area contributed by atoms with Gasteiger partial charge in [0.1, 0.15) is 0 Å². The Hall–Kier alpha value is -1.90. The van der Waals surface area contributed by atoms with Crippen molar-refractivity contribution in [1.82, 2.24) is 10.3 Å². The largest absolute Gasteiger partial charge is 0.313 e. The van der Waals surface area contributed by atoms with Crippen LogP contribution in [0.3, 0.4) is 0 Å². The molecule has 0 aliphatic carbocycles. The van der Waals surface area contributed by atoms with Gasteiger partial charge in [0.2, 0.25) is 0 Å². The van der Waals surface area contributed by atoms with Crippen LogP contribution < -0.4 is 5.32 Å². The van der Waals surface area contributed by atoms with Crippen LogP contribution >= 0.6 is 11.6 Å². The normalized spacial score (nSPS) is 11.0. The third kappa shape index (κ3) is 2.92. The molecule has 0 spiro atoms. The molecule has 1 N–H and O–H groups in total. The van der Waals surface area contributed by atoms with Crippen LogP contribution in [-0.2, 0) is 6.54 Å². The molecule has 21 heavy (non-hydrogen) atoms. The molecule has 0 bridgehead atoms. The predicted octanol–water partition coefficient (Wildman–Crippen LogP) is 4.66. The molecule has 3 rings (SSSR count). The van der Waals surface area contributed by atoms with E-state index in [-0.39, 0.29) is 0 Å². The summed E-state index contributed by atoms with van der Waals surface area (Å²) in [4.78, 5) is 4.34. The van der Waals surface area contributed by atoms with Crippen molar-refractivity contribution in [3.05, 3.63) is 65.4 Å². The summed E-state index contributed by atoms with van der Waals surface area (Å²) in [6.45, 7) is 3.82. The van der Waals surface area contributed by atoms with Gasteiger partial charge in [0.05, 0.1) is 0 Å². The van der Waals surface area contributed by atoms with Gasteiger partial charge in [-0.2, -0.15) is 0 Å². The van der Waals surface area contributed by atoms with Gasteiger partial charge in [0.15, 0.2) is 0 Å². The molecule has 1 aromatic heterocycles. The van der Waals surface area contributed by atoms with Crippen molar-refractivity contribution >= 4 is 22.4 Å². The fourth-order valence-electron chi connectivity index (χ4n) is 2.46. The summed E-state index contributed by atoms with van der Waals surface area (Å²) in [7, 11) is 0. The van der Waals surface area contributed by atoms with Crippen molar-refractivity contribution in [2.75, 3.05) is 6.54 Å². The average molecular weight is 297 g/mol. The van der Waals surface area contributed by atoms with E-state index in [0.717, 1.165) is 40.2 Å². The maximum absolute atomic E-state index is 6.41. The second-order valence-corrected chi connectivity index (χ2v) is 5.40. The number of rotatable bonds is 4. The minimum absolute atomic E-state index is 0.793. The number of nitrogens with one attached hydrogen (secondary N) is 1. The summed E-state index contributed by atoms with van der Waals surface area (Å²) in [5.41, 5.74) is 3.34. The van der Waals surface area contributed by atoms with Gasteiger partial charge in [0, 0.05) is 34.9 Å². The van der Waals surface area contributed by atoms with Crippen LogP contribution in [-0.4, -0.2) is 11.5 Å². The minimum Gasteiger partial charge on any atom is -0.313 e. The van der Waals surface area contributed by atoms with Gasteiger partial charge in [0.25, 0.3) is 0 Å². The van der Waals surface area contributed by atoms with Crippen LogP contribution in [0.4, 0.5) is 0 Å². The Morgan fingerprint density at radius 2 is 1.95 bits per heavy atom. The van der Waals surface area contributed by atoms with Crippen molar-refractivity contribution in [3.8, 4) is 11.1 Å². The molecule has 0 aliphatic heterocycles. The first-order valence-electron chi connectivity index (χ1n) is 7.12. The molecule has 1 heterocycles. The lowest BCUT2D eigenvalue weighted by molar-refractivity contribution is 0.727. The van der Waals surface area contributed by atoms with Crippen LogP contribution in [0.2, 0.25) is 5.02 Å². The van der Waals surface area contributed by atoms with Crippen molar-refractivity contribution in [3.63, 3.8) is 0 Å².